The molecule has 2 aromatic rings. The molecular weight excluding hydrogens is 302 g/mol. The van der Waals surface area contributed by atoms with Gasteiger partial charge in [-0.1, -0.05) is 13.8 Å². The van der Waals surface area contributed by atoms with Gasteiger partial charge < -0.3 is 10.6 Å². The van der Waals surface area contributed by atoms with Crippen LogP contribution in [-0.4, -0.2) is 34.9 Å². The molecule has 1 saturated heterocycles. The lowest BCUT2D eigenvalue weighted by Crippen LogP contribution is -2.53. The average molecular weight is 321 g/mol. The fourth-order valence-electron chi connectivity index (χ4n) is 2.60. The zero-order valence-corrected chi connectivity index (χ0v) is 13.8. The van der Waals surface area contributed by atoms with Gasteiger partial charge in [0.05, 0.1) is 6.20 Å². The van der Waals surface area contributed by atoms with Crippen molar-refractivity contribution >= 4 is 28.6 Å². The number of piperidine rings is 1. The SMILES string of the molecule is CC1(C)CN(C(=O)c2cnc(-c3ccsc3)s2)CCC1N. The first-order valence-corrected chi connectivity index (χ1v) is 8.76. The molecule has 0 bridgehead atoms. The van der Waals surface area contributed by atoms with Gasteiger partial charge in [-0.25, -0.2) is 4.98 Å². The number of carbonyl (C=O) groups excluding carboxylic acids is 1. The fourth-order valence-corrected chi connectivity index (χ4v) is 4.19. The largest absolute Gasteiger partial charge is 0.337 e. The Hall–Kier alpha value is -1.24. The standard InChI is InChI=1S/C15H19N3OS2/c1-15(2)9-18(5-3-12(15)16)14(19)11-7-17-13(21-11)10-4-6-20-8-10/h4,6-8,12H,3,5,9,16H2,1-2H3. The molecule has 112 valence electrons. The van der Waals surface area contributed by atoms with Crippen molar-refractivity contribution in [3.05, 3.63) is 27.9 Å². The van der Waals surface area contributed by atoms with Gasteiger partial charge in [0.1, 0.15) is 9.88 Å². The van der Waals surface area contributed by atoms with E-state index in [1.807, 2.05) is 16.3 Å². The second-order valence-electron chi connectivity index (χ2n) is 6.15. The number of aromatic nitrogens is 1. The molecule has 0 radical (unpaired) electrons. The Morgan fingerprint density at radius 2 is 2.33 bits per heavy atom. The van der Waals surface area contributed by atoms with Crippen LogP contribution in [0.1, 0.15) is 29.9 Å². The highest BCUT2D eigenvalue weighted by atomic mass is 32.1. The maximum absolute atomic E-state index is 12.6. The van der Waals surface area contributed by atoms with Crippen LogP contribution >= 0.6 is 22.7 Å². The monoisotopic (exact) mass is 321 g/mol. The van der Waals surface area contributed by atoms with Gasteiger partial charge in [-0.2, -0.15) is 11.3 Å². The first-order valence-electron chi connectivity index (χ1n) is 7.00. The van der Waals surface area contributed by atoms with Crippen LogP contribution in [0.5, 0.6) is 0 Å². The molecule has 0 saturated carbocycles. The minimum absolute atomic E-state index is 0.0330. The summed E-state index contributed by atoms with van der Waals surface area (Å²) in [5, 5.41) is 4.98. The van der Waals surface area contributed by atoms with Crippen molar-refractivity contribution in [1.29, 1.82) is 0 Å². The quantitative estimate of drug-likeness (QED) is 0.925. The molecular formula is C15H19N3OS2. The number of nitrogens with zero attached hydrogens (tertiary/aromatic N) is 2. The molecule has 0 spiro atoms. The fraction of sp³-hybridized carbons (Fsp3) is 0.467. The number of hydrogen-bond donors (Lipinski definition) is 1. The third-order valence-electron chi connectivity index (χ3n) is 4.08. The molecule has 1 amide bonds. The van der Waals surface area contributed by atoms with E-state index in [-0.39, 0.29) is 17.4 Å². The second kappa shape index (κ2) is 5.51. The van der Waals surface area contributed by atoms with Gasteiger partial charge in [0.15, 0.2) is 0 Å². The minimum Gasteiger partial charge on any atom is -0.337 e. The molecule has 1 unspecified atom stereocenters. The third kappa shape index (κ3) is 2.88. The van der Waals surface area contributed by atoms with E-state index in [0.717, 1.165) is 23.5 Å². The first kappa shape index (κ1) is 14.7. The Morgan fingerprint density at radius 3 is 3.00 bits per heavy atom. The van der Waals surface area contributed by atoms with Gasteiger partial charge in [-0.15, -0.1) is 11.3 Å². The normalized spacial score (nSPS) is 21.5. The minimum atomic E-state index is -0.0330. The van der Waals surface area contributed by atoms with Crippen LogP contribution in [0, 0.1) is 5.41 Å². The molecule has 3 heterocycles. The van der Waals surface area contributed by atoms with E-state index in [2.05, 4.69) is 24.2 Å². The number of likely N-dealkylation sites (tertiary alicyclic amines) is 1. The Balaban J connectivity index is 1.77. The summed E-state index contributed by atoms with van der Waals surface area (Å²) in [7, 11) is 0. The van der Waals surface area contributed by atoms with E-state index < -0.39 is 0 Å². The van der Waals surface area contributed by atoms with Crippen molar-refractivity contribution in [2.45, 2.75) is 26.3 Å². The maximum atomic E-state index is 12.6. The lowest BCUT2D eigenvalue weighted by atomic mass is 9.79. The van der Waals surface area contributed by atoms with Crippen LogP contribution < -0.4 is 5.73 Å². The van der Waals surface area contributed by atoms with Crippen LogP contribution in [0.3, 0.4) is 0 Å². The Bertz CT molecular complexity index is 633. The van der Waals surface area contributed by atoms with Crippen LogP contribution in [0.25, 0.3) is 10.6 Å². The van der Waals surface area contributed by atoms with Gasteiger partial charge in [0.25, 0.3) is 5.91 Å². The van der Waals surface area contributed by atoms with Crippen molar-refractivity contribution in [3.8, 4) is 10.6 Å². The lowest BCUT2D eigenvalue weighted by molar-refractivity contribution is 0.0537. The van der Waals surface area contributed by atoms with Crippen molar-refractivity contribution in [3.63, 3.8) is 0 Å². The van der Waals surface area contributed by atoms with Crippen molar-refractivity contribution in [2.24, 2.45) is 11.1 Å². The Labute approximate surface area is 132 Å². The number of rotatable bonds is 2. The Morgan fingerprint density at radius 1 is 1.52 bits per heavy atom. The number of thiazole rings is 1. The molecule has 1 aliphatic heterocycles. The molecule has 1 atom stereocenters. The predicted octanol–water partition coefficient (Wildman–Crippen LogP) is 3.07. The number of hydrogen-bond acceptors (Lipinski definition) is 5. The predicted molar refractivity (Wildman–Crippen MR) is 87.7 cm³/mol. The second-order valence-corrected chi connectivity index (χ2v) is 7.96. The van der Waals surface area contributed by atoms with Gasteiger partial charge >= 0.3 is 0 Å². The molecule has 2 aromatic heterocycles. The van der Waals surface area contributed by atoms with Crippen LogP contribution in [0.4, 0.5) is 0 Å². The molecule has 3 rings (SSSR count). The van der Waals surface area contributed by atoms with Crippen LogP contribution in [0.15, 0.2) is 23.0 Å². The number of amides is 1. The van der Waals surface area contributed by atoms with E-state index in [4.69, 9.17) is 5.73 Å². The number of nitrogens with two attached hydrogens (primary N) is 1. The molecule has 6 heteroatoms. The van der Waals surface area contributed by atoms with Gasteiger partial charge in [0, 0.05) is 30.1 Å². The third-order valence-corrected chi connectivity index (χ3v) is 5.80. The highest BCUT2D eigenvalue weighted by molar-refractivity contribution is 7.17. The Kier molecular flexibility index (Phi) is 3.86. The van der Waals surface area contributed by atoms with Crippen molar-refractivity contribution in [2.75, 3.05) is 13.1 Å². The van der Waals surface area contributed by atoms with Crippen LogP contribution in [0.2, 0.25) is 0 Å². The van der Waals surface area contributed by atoms with Gasteiger partial charge in [-0.3, -0.25) is 4.79 Å². The molecule has 21 heavy (non-hydrogen) atoms. The van der Waals surface area contributed by atoms with E-state index in [1.165, 1.54) is 11.3 Å². The molecule has 4 nitrogen and oxygen atoms in total. The highest BCUT2D eigenvalue weighted by Gasteiger charge is 2.36. The van der Waals surface area contributed by atoms with E-state index in [0.29, 0.717) is 11.4 Å². The summed E-state index contributed by atoms with van der Waals surface area (Å²) in [6.45, 7) is 5.69. The number of thiophene rings is 1. The van der Waals surface area contributed by atoms with E-state index in [1.54, 1.807) is 17.5 Å². The van der Waals surface area contributed by atoms with Crippen molar-refractivity contribution in [1.82, 2.24) is 9.88 Å². The molecule has 1 fully saturated rings. The van der Waals surface area contributed by atoms with E-state index >= 15 is 0 Å². The van der Waals surface area contributed by atoms with Gasteiger partial charge in [-0.05, 0) is 23.3 Å². The molecule has 1 aliphatic rings. The summed E-state index contributed by atoms with van der Waals surface area (Å²) in [6, 6.07) is 2.19. The molecule has 0 aromatic carbocycles. The zero-order valence-electron chi connectivity index (χ0n) is 12.2. The first-order chi connectivity index (χ1) is 9.97. The summed E-state index contributed by atoms with van der Waals surface area (Å²) < 4.78 is 0. The molecule has 0 aliphatic carbocycles. The van der Waals surface area contributed by atoms with Crippen molar-refractivity contribution < 1.29 is 4.79 Å². The summed E-state index contributed by atoms with van der Waals surface area (Å²) >= 11 is 3.10. The average Bonchev–Trinajstić information content (AvgIpc) is 3.10. The van der Waals surface area contributed by atoms with Gasteiger partial charge in [0.2, 0.25) is 0 Å². The van der Waals surface area contributed by atoms with Crippen LogP contribution in [-0.2, 0) is 0 Å². The van der Waals surface area contributed by atoms with E-state index in [9.17, 15) is 4.79 Å². The summed E-state index contributed by atoms with van der Waals surface area (Å²) in [6.07, 6.45) is 2.55. The smallest absolute Gasteiger partial charge is 0.265 e. The molecule has 2 N–H and O–H groups in total. The maximum Gasteiger partial charge on any atom is 0.265 e. The lowest BCUT2D eigenvalue weighted by Gasteiger charge is -2.42. The summed E-state index contributed by atoms with van der Waals surface area (Å²) in [5.41, 5.74) is 7.19. The number of carbonyl (C=O) groups is 1. The summed E-state index contributed by atoms with van der Waals surface area (Å²) in [4.78, 5) is 19.6. The summed E-state index contributed by atoms with van der Waals surface area (Å²) in [5.74, 6) is 0.0777. The highest BCUT2D eigenvalue weighted by Crippen LogP contribution is 2.31. The zero-order chi connectivity index (χ0) is 15.0. The topological polar surface area (TPSA) is 59.2 Å².